The Hall–Kier alpha value is -2.93. The molecule has 2 aromatic carbocycles. The summed E-state index contributed by atoms with van der Waals surface area (Å²) in [6, 6.07) is 5.66. The van der Waals surface area contributed by atoms with Crippen LogP contribution in [0.25, 0.3) is 0 Å². The maximum Gasteiger partial charge on any atom is 0.227 e. The zero-order valence-electron chi connectivity index (χ0n) is 30.7. The molecule has 1 heterocycles. The number of fused-ring (bicyclic) bond motifs is 2. The van der Waals surface area contributed by atoms with Crippen molar-refractivity contribution in [1.29, 1.82) is 0 Å². The number of methoxy groups -OCH3 is 4. The van der Waals surface area contributed by atoms with Gasteiger partial charge in [-0.15, -0.1) is 0 Å². The second-order valence-corrected chi connectivity index (χ2v) is 7.98. The first-order chi connectivity index (χ1) is 20.6. The monoisotopic (exact) mass is 479 g/mol. The fourth-order valence-corrected chi connectivity index (χ4v) is 4.09. The Morgan fingerprint density at radius 3 is 2.38 bits per heavy atom. The number of hydrogen-bond acceptors (Lipinski definition) is 6. The van der Waals surface area contributed by atoms with E-state index < -0.39 is 64.1 Å². The minimum Gasteiger partial charge on any atom is -0.493 e. The molecule has 0 fully saturated rings. The first kappa shape index (κ1) is 13.8. The molecule has 1 aliphatic carbocycles. The Labute approximate surface area is 218 Å². The van der Waals surface area contributed by atoms with Crippen LogP contribution in [0.15, 0.2) is 24.3 Å². The highest BCUT2D eigenvalue weighted by molar-refractivity contribution is 5.80. The molecule has 0 aromatic heterocycles. The third kappa shape index (κ3) is 4.94. The molecule has 0 N–H and O–H groups in total. The minimum absolute atomic E-state index is 0.0540. The van der Waals surface area contributed by atoms with E-state index in [1.165, 1.54) is 34.4 Å². The second-order valence-electron chi connectivity index (χ2n) is 7.98. The van der Waals surface area contributed by atoms with Gasteiger partial charge in [0.2, 0.25) is 5.91 Å². The van der Waals surface area contributed by atoms with Crippen LogP contribution in [0, 0.1) is 0 Å². The van der Waals surface area contributed by atoms with Gasteiger partial charge in [0.1, 0.15) is 0 Å². The molecule has 0 bridgehead atoms. The highest BCUT2D eigenvalue weighted by Crippen LogP contribution is 2.42. The Bertz CT molecular complexity index is 1470. The number of benzene rings is 2. The number of carbonyl (C=O) groups is 1. The summed E-state index contributed by atoms with van der Waals surface area (Å²) in [6.45, 7) is -8.22. The molecule has 0 saturated carbocycles. The Kier molecular flexibility index (Phi) is 4.29. The maximum atomic E-state index is 13.4. The average molecular weight is 480 g/mol. The van der Waals surface area contributed by atoms with Gasteiger partial charge in [0.05, 0.1) is 38.9 Å². The normalized spacial score (nSPS) is 25.9. The molecule has 34 heavy (non-hydrogen) atoms. The number of rotatable bonds is 10. The van der Waals surface area contributed by atoms with E-state index in [1.54, 1.807) is 12.1 Å². The highest BCUT2D eigenvalue weighted by Gasteiger charge is 2.29. The number of amides is 1. The van der Waals surface area contributed by atoms with Crippen LogP contribution >= 0.6 is 0 Å². The molecule has 1 aliphatic heterocycles. The summed E-state index contributed by atoms with van der Waals surface area (Å²) in [5.41, 5.74) is 1.22. The summed E-state index contributed by atoms with van der Waals surface area (Å²) in [4.78, 5) is 14.9. The molecule has 7 heteroatoms. The lowest BCUT2D eigenvalue weighted by Crippen LogP contribution is -2.36. The third-order valence-corrected chi connectivity index (χ3v) is 5.95. The molecule has 2 aromatic rings. The van der Waals surface area contributed by atoms with E-state index >= 15 is 0 Å². The average Bonchev–Trinajstić information content (AvgIpc) is 2.96. The van der Waals surface area contributed by atoms with Gasteiger partial charge in [0.25, 0.3) is 0 Å². The second kappa shape index (κ2) is 10.6. The van der Waals surface area contributed by atoms with Crippen LogP contribution < -0.4 is 18.9 Å². The Balaban J connectivity index is 1.59. The molecular weight excluding hydrogens is 432 g/mol. The third-order valence-electron chi connectivity index (χ3n) is 5.95. The molecule has 184 valence electrons. The summed E-state index contributed by atoms with van der Waals surface area (Å²) in [6.07, 6.45) is -3.62. The van der Waals surface area contributed by atoms with Crippen molar-refractivity contribution >= 4 is 5.91 Å². The van der Waals surface area contributed by atoms with Crippen molar-refractivity contribution in [3.05, 3.63) is 46.5 Å². The van der Waals surface area contributed by atoms with Crippen LogP contribution in [-0.2, 0) is 24.0 Å². The van der Waals surface area contributed by atoms with Crippen LogP contribution in [0.4, 0.5) is 0 Å². The van der Waals surface area contributed by atoms with Crippen molar-refractivity contribution in [2.24, 2.45) is 0 Å². The van der Waals surface area contributed by atoms with Crippen molar-refractivity contribution in [1.82, 2.24) is 9.80 Å². The molecular formula is C27H36N2O5. The van der Waals surface area contributed by atoms with Gasteiger partial charge in [-0.1, -0.05) is 0 Å². The minimum atomic E-state index is -3.02. The Morgan fingerprint density at radius 1 is 1.03 bits per heavy atom. The lowest BCUT2D eigenvalue weighted by molar-refractivity contribution is -0.130. The van der Waals surface area contributed by atoms with Crippen LogP contribution in [0.1, 0.15) is 49.7 Å². The van der Waals surface area contributed by atoms with E-state index in [4.69, 9.17) is 34.0 Å². The van der Waals surface area contributed by atoms with Gasteiger partial charge < -0.3 is 28.7 Å². The van der Waals surface area contributed by atoms with E-state index in [1.807, 2.05) is 0 Å². The molecule has 0 saturated heterocycles. The Morgan fingerprint density at radius 2 is 1.68 bits per heavy atom. The first-order valence-corrected chi connectivity index (χ1v) is 10.8. The van der Waals surface area contributed by atoms with Crippen LogP contribution in [0.2, 0.25) is 0 Å². The van der Waals surface area contributed by atoms with E-state index in [0.717, 1.165) is 16.5 Å². The van der Waals surface area contributed by atoms with Gasteiger partial charge in [-0.2, -0.15) is 0 Å². The fourth-order valence-electron chi connectivity index (χ4n) is 4.09. The van der Waals surface area contributed by atoms with Crippen LogP contribution in [0.5, 0.6) is 23.0 Å². The summed E-state index contributed by atoms with van der Waals surface area (Å²) in [5, 5.41) is 0. The van der Waals surface area contributed by atoms with E-state index in [2.05, 4.69) is 0 Å². The number of ether oxygens (including phenoxy) is 4. The predicted molar refractivity (Wildman–Crippen MR) is 132 cm³/mol. The summed E-state index contributed by atoms with van der Waals surface area (Å²) in [7, 11) is 2.54. The molecule has 2 aliphatic rings. The first-order valence-electron chi connectivity index (χ1n) is 16.3. The SMILES string of the molecule is [2H]C([2H])([2H])Oc1cc2c(cc1OC)CC(=O)N(CCC([2H])([2H])N(C)C([2H])([2H])C1Cc3cc(OC)c(OC)cc31)C([2H])([2H])C2([2H])[2H]. The number of hydrogen-bond donors (Lipinski definition) is 0. The summed E-state index contributed by atoms with van der Waals surface area (Å²) < 4.78 is 113. The zero-order chi connectivity index (χ0) is 33.9. The van der Waals surface area contributed by atoms with Gasteiger partial charge >= 0.3 is 0 Å². The number of carbonyl (C=O) groups excluding carboxylic acids is 1. The summed E-state index contributed by atoms with van der Waals surface area (Å²) >= 11 is 0. The van der Waals surface area contributed by atoms with Crippen molar-refractivity contribution in [3.8, 4) is 23.0 Å². The lowest BCUT2D eigenvalue weighted by Gasteiger charge is -2.34. The predicted octanol–water partition coefficient (Wildman–Crippen LogP) is 3.31. The van der Waals surface area contributed by atoms with Crippen molar-refractivity contribution in [2.75, 3.05) is 61.5 Å². The molecule has 0 radical (unpaired) electrons. The van der Waals surface area contributed by atoms with Gasteiger partial charge in [0.15, 0.2) is 23.0 Å². The molecule has 7 nitrogen and oxygen atoms in total. The van der Waals surface area contributed by atoms with Crippen LogP contribution in [0.3, 0.4) is 0 Å². The largest absolute Gasteiger partial charge is 0.493 e. The van der Waals surface area contributed by atoms with Gasteiger partial charge in [-0.3, -0.25) is 4.79 Å². The topological polar surface area (TPSA) is 60.5 Å². The van der Waals surface area contributed by atoms with Crippen molar-refractivity contribution in [2.45, 2.75) is 31.6 Å². The van der Waals surface area contributed by atoms with Gasteiger partial charge in [0, 0.05) is 36.4 Å². The van der Waals surface area contributed by atoms with E-state index in [0.29, 0.717) is 28.4 Å². The van der Waals surface area contributed by atoms with Gasteiger partial charge in [-0.25, -0.2) is 0 Å². The van der Waals surface area contributed by atoms with Crippen LogP contribution in [-0.4, -0.2) is 77.2 Å². The van der Waals surface area contributed by atoms with E-state index in [9.17, 15) is 4.79 Å². The van der Waals surface area contributed by atoms with Crippen molar-refractivity contribution < 1.29 is 38.8 Å². The molecule has 4 rings (SSSR count). The fraction of sp³-hybridized carbons (Fsp3) is 0.519. The molecule has 0 spiro atoms. The number of aryl methyl sites for hydroxylation is 1. The summed E-state index contributed by atoms with van der Waals surface area (Å²) in [5.74, 6) is -1.10. The van der Waals surface area contributed by atoms with Gasteiger partial charge in [-0.05, 0) is 79.3 Å². The van der Waals surface area contributed by atoms with Crippen molar-refractivity contribution in [3.63, 3.8) is 0 Å². The number of likely N-dealkylation sites (N-methyl/N-ethyl adjacent to an activating group) is 1. The lowest BCUT2D eigenvalue weighted by atomic mass is 9.77. The van der Waals surface area contributed by atoms with E-state index in [-0.39, 0.29) is 22.6 Å². The molecule has 1 unspecified atom stereocenters. The quantitative estimate of drug-likeness (QED) is 0.521. The standard InChI is InChI=1S/C27H36N2O5/c1-28(17-21-11-20-14-25(33-4)26(34-5)16-22(20)21)8-6-9-29-10-7-18-12-23(31-2)24(32-3)13-19(18)15-27(29)30/h12-14,16,21H,6-11,15,17H2,1-5H3/i2D3,7D2,8D2,10D2,17D2. The maximum absolute atomic E-state index is 13.4. The highest BCUT2D eigenvalue weighted by atomic mass is 16.5. The molecule has 1 amide bonds. The number of nitrogens with zero attached hydrogens (tertiary/aromatic N) is 2. The smallest absolute Gasteiger partial charge is 0.227 e. The molecule has 1 atom stereocenters. The zero-order valence-corrected chi connectivity index (χ0v) is 19.7.